The Bertz CT molecular complexity index is 480. The van der Waals surface area contributed by atoms with Crippen molar-refractivity contribution in [3.63, 3.8) is 0 Å². The van der Waals surface area contributed by atoms with Crippen LogP contribution in [0.4, 0.5) is 11.5 Å². The van der Waals surface area contributed by atoms with Crippen LogP contribution >= 0.6 is 0 Å². The second-order valence-electron chi connectivity index (χ2n) is 3.65. The molecule has 0 amide bonds. The van der Waals surface area contributed by atoms with Crippen molar-refractivity contribution in [2.24, 2.45) is 0 Å². The van der Waals surface area contributed by atoms with Gasteiger partial charge in [0.25, 0.3) is 0 Å². The fourth-order valence-corrected chi connectivity index (χ4v) is 1.38. The van der Waals surface area contributed by atoms with Crippen LogP contribution in [0.15, 0.2) is 28.9 Å². The summed E-state index contributed by atoms with van der Waals surface area (Å²) in [6.45, 7) is 3.82. The highest BCUT2D eigenvalue weighted by Crippen LogP contribution is 2.18. The topological polar surface area (TPSA) is 77.0 Å². The van der Waals surface area contributed by atoms with Crippen molar-refractivity contribution in [1.82, 2.24) is 9.97 Å². The SMILES string of the molecule is Cc1cnc(C(C)Nc2cc(N)ccn2)o1. The molecule has 1 atom stereocenters. The number of hydrogen-bond acceptors (Lipinski definition) is 5. The third kappa shape index (κ3) is 2.31. The Hall–Kier alpha value is -2.04. The van der Waals surface area contributed by atoms with Crippen molar-refractivity contribution in [1.29, 1.82) is 0 Å². The molecule has 1 unspecified atom stereocenters. The number of oxazole rings is 1. The Morgan fingerprint density at radius 1 is 1.44 bits per heavy atom. The lowest BCUT2D eigenvalue weighted by Crippen LogP contribution is -2.08. The van der Waals surface area contributed by atoms with Gasteiger partial charge in [-0.2, -0.15) is 0 Å². The molecular weight excluding hydrogens is 204 g/mol. The molecule has 0 aliphatic rings. The number of aromatic nitrogens is 2. The molecule has 5 heteroatoms. The fourth-order valence-electron chi connectivity index (χ4n) is 1.38. The van der Waals surface area contributed by atoms with Crippen molar-refractivity contribution < 1.29 is 4.42 Å². The van der Waals surface area contributed by atoms with Gasteiger partial charge in [0.2, 0.25) is 5.89 Å². The molecule has 5 nitrogen and oxygen atoms in total. The summed E-state index contributed by atoms with van der Waals surface area (Å²) in [4.78, 5) is 8.30. The number of nitrogens with one attached hydrogen (secondary N) is 1. The first-order valence-corrected chi connectivity index (χ1v) is 5.05. The first-order chi connectivity index (χ1) is 7.65. The number of nitrogens with zero attached hydrogens (tertiary/aromatic N) is 2. The van der Waals surface area contributed by atoms with Crippen molar-refractivity contribution in [2.75, 3.05) is 11.1 Å². The lowest BCUT2D eigenvalue weighted by Gasteiger charge is -2.10. The van der Waals surface area contributed by atoms with Crippen molar-refractivity contribution in [3.05, 3.63) is 36.2 Å². The average molecular weight is 218 g/mol. The Morgan fingerprint density at radius 2 is 2.25 bits per heavy atom. The quantitative estimate of drug-likeness (QED) is 0.825. The van der Waals surface area contributed by atoms with Crippen LogP contribution in [0.2, 0.25) is 0 Å². The number of hydrogen-bond donors (Lipinski definition) is 2. The summed E-state index contributed by atoms with van der Waals surface area (Å²) >= 11 is 0. The first kappa shape index (κ1) is 10.5. The number of anilines is 2. The van der Waals surface area contributed by atoms with Crippen molar-refractivity contribution in [3.8, 4) is 0 Å². The Balaban J connectivity index is 2.10. The van der Waals surface area contributed by atoms with Gasteiger partial charge in [0.1, 0.15) is 17.6 Å². The van der Waals surface area contributed by atoms with Crippen LogP contribution in [0, 0.1) is 6.92 Å². The molecule has 2 aromatic rings. The molecule has 2 rings (SSSR count). The minimum Gasteiger partial charge on any atom is -0.444 e. The minimum atomic E-state index is -0.0389. The van der Waals surface area contributed by atoms with E-state index >= 15 is 0 Å². The Morgan fingerprint density at radius 3 is 2.88 bits per heavy atom. The molecule has 0 bridgehead atoms. The lowest BCUT2D eigenvalue weighted by atomic mass is 10.3. The second-order valence-corrected chi connectivity index (χ2v) is 3.65. The number of nitrogen functional groups attached to an aromatic ring is 1. The predicted molar refractivity (Wildman–Crippen MR) is 61.9 cm³/mol. The highest BCUT2D eigenvalue weighted by molar-refractivity contribution is 5.48. The number of rotatable bonds is 3. The zero-order valence-corrected chi connectivity index (χ0v) is 9.27. The number of aryl methyl sites for hydroxylation is 1. The number of nitrogens with two attached hydrogens (primary N) is 1. The van der Waals surface area contributed by atoms with Crippen LogP contribution in [0.3, 0.4) is 0 Å². The molecular formula is C11H14N4O. The molecule has 0 aliphatic heterocycles. The molecule has 84 valence electrons. The summed E-state index contributed by atoms with van der Waals surface area (Å²) in [6.07, 6.45) is 3.35. The molecule has 16 heavy (non-hydrogen) atoms. The second kappa shape index (κ2) is 4.22. The summed E-state index contributed by atoms with van der Waals surface area (Å²) in [5, 5.41) is 3.16. The highest BCUT2D eigenvalue weighted by Gasteiger charge is 2.11. The fraction of sp³-hybridized carbons (Fsp3) is 0.273. The molecule has 0 fully saturated rings. The van der Waals surface area contributed by atoms with Crippen LogP contribution < -0.4 is 11.1 Å². The molecule has 0 aliphatic carbocycles. The van der Waals surface area contributed by atoms with E-state index in [2.05, 4.69) is 15.3 Å². The Labute approximate surface area is 93.7 Å². The molecule has 3 N–H and O–H groups in total. The molecule has 0 saturated carbocycles. The van der Waals surface area contributed by atoms with Gasteiger partial charge in [-0.3, -0.25) is 0 Å². The maximum atomic E-state index is 5.66. The molecule has 0 spiro atoms. The van der Waals surface area contributed by atoms with E-state index < -0.39 is 0 Å². The van der Waals surface area contributed by atoms with E-state index in [4.69, 9.17) is 10.2 Å². The van der Waals surface area contributed by atoms with Gasteiger partial charge in [-0.25, -0.2) is 9.97 Å². The largest absolute Gasteiger partial charge is 0.444 e. The van der Waals surface area contributed by atoms with E-state index in [9.17, 15) is 0 Å². The Kier molecular flexibility index (Phi) is 2.76. The minimum absolute atomic E-state index is 0.0389. The maximum Gasteiger partial charge on any atom is 0.216 e. The molecule has 0 radical (unpaired) electrons. The smallest absolute Gasteiger partial charge is 0.216 e. The summed E-state index contributed by atoms with van der Waals surface area (Å²) in [5.74, 6) is 2.15. The van der Waals surface area contributed by atoms with E-state index in [0.717, 1.165) is 5.76 Å². The highest BCUT2D eigenvalue weighted by atomic mass is 16.4. The van der Waals surface area contributed by atoms with E-state index in [1.165, 1.54) is 0 Å². The summed E-state index contributed by atoms with van der Waals surface area (Å²) in [6, 6.07) is 3.47. The summed E-state index contributed by atoms with van der Waals surface area (Å²) in [7, 11) is 0. The first-order valence-electron chi connectivity index (χ1n) is 5.05. The molecule has 0 aromatic carbocycles. The van der Waals surface area contributed by atoms with Crippen LogP contribution in [0.1, 0.15) is 24.6 Å². The van der Waals surface area contributed by atoms with Crippen LogP contribution in [0.25, 0.3) is 0 Å². The number of pyridine rings is 1. The van der Waals surface area contributed by atoms with Crippen molar-refractivity contribution >= 4 is 11.5 Å². The van der Waals surface area contributed by atoms with E-state index in [1.807, 2.05) is 13.8 Å². The van der Waals surface area contributed by atoms with Gasteiger partial charge >= 0.3 is 0 Å². The molecule has 0 saturated heterocycles. The maximum absolute atomic E-state index is 5.66. The molecule has 2 heterocycles. The van der Waals surface area contributed by atoms with Gasteiger partial charge in [0, 0.05) is 18.0 Å². The zero-order valence-electron chi connectivity index (χ0n) is 9.27. The van der Waals surface area contributed by atoms with Gasteiger partial charge in [-0.05, 0) is 19.9 Å². The van der Waals surface area contributed by atoms with Gasteiger partial charge in [0.15, 0.2) is 0 Å². The standard InChI is InChI=1S/C11H14N4O/c1-7-6-14-11(16-7)8(2)15-10-5-9(12)3-4-13-10/h3-6,8H,1-2H3,(H3,12,13,15). The van der Waals surface area contributed by atoms with Crippen LogP contribution in [-0.4, -0.2) is 9.97 Å². The third-order valence-electron chi connectivity index (χ3n) is 2.16. The summed E-state index contributed by atoms with van der Waals surface area (Å²) in [5.41, 5.74) is 6.33. The third-order valence-corrected chi connectivity index (χ3v) is 2.16. The molecule has 2 aromatic heterocycles. The van der Waals surface area contributed by atoms with Gasteiger partial charge in [0.05, 0.1) is 6.20 Å². The van der Waals surface area contributed by atoms with E-state index in [1.54, 1.807) is 24.5 Å². The van der Waals surface area contributed by atoms with E-state index in [-0.39, 0.29) is 6.04 Å². The van der Waals surface area contributed by atoms with E-state index in [0.29, 0.717) is 17.4 Å². The zero-order chi connectivity index (χ0) is 11.5. The lowest BCUT2D eigenvalue weighted by molar-refractivity contribution is 0.453. The predicted octanol–water partition coefficient (Wildman–Crippen LogP) is 2.13. The van der Waals surface area contributed by atoms with Gasteiger partial charge in [-0.15, -0.1) is 0 Å². The van der Waals surface area contributed by atoms with Gasteiger partial charge in [-0.1, -0.05) is 0 Å². The van der Waals surface area contributed by atoms with Gasteiger partial charge < -0.3 is 15.5 Å². The summed E-state index contributed by atoms with van der Waals surface area (Å²) < 4.78 is 5.42. The van der Waals surface area contributed by atoms with Crippen LogP contribution in [0.5, 0.6) is 0 Å². The van der Waals surface area contributed by atoms with Crippen LogP contribution in [-0.2, 0) is 0 Å². The monoisotopic (exact) mass is 218 g/mol. The normalized spacial score (nSPS) is 12.4. The average Bonchev–Trinajstić information content (AvgIpc) is 2.65. The van der Waals surface area contributed by atoms with Crippen molar-refractivity contribution in [2.45, 2.75) is 19.9 Å².